The summed E-state index contributed by atoms with van der Waals surface area (Å²) in [4.78, 5) is 4.70. The van der Waals surface area contributed by atoms with Crippen LogP contribution in [0.5, 0.6) is 0 Å². The Kier molecular flexibility index (Phi) is 9.31. The maximum atomic E-state index is 2.35. The highest BCUT2D eigenvalue weighted by atomic mass is 33.1. The van der Waals surface area contributed by atoms with Crippen molar-refractivity contribution in [2.45, 2.75) is 24.9 Å². The Hall–Kier alpha value is -3.48. The molecular weight excluding hydrogens is 553 g/mol. The molecular formula is C36H40N4S2+2. The first kappa shape index (κ1) is 28.6. The van der Waals surface area contributed by atoms with Crippen molar-refractivity contribution in [3.8, 4) is 0 Å². The molecule has 0 saturated carbocycles. The minimum absolute atomic E-state index is 0.461. The molecule has 0 fully saturated rings. The van der Waals surface area contributed by atoms with E-state index in [9.17, 15) is 0 Å². The lowest BCUT2D eigenvalue weighted by molar-refractivity contribution is -0.692. The van der Waals surface area contributed by atoms with Gasteiger partial charge in [-0.3, -0.25) is 0 Å². The van der Waals surface area contributed by atoms with Gasteiger partial charge in [-0.2, -0.15) is 0 Å². The summed E-state index contributed by atoms with van der Waals surface area (Å²) < 4.78 is 4.57. The summed E-state index contributed by atoms with van der Waals surface area (Å²) in [6.45, 7) is 4.15. The number of nitrogens with zero attached hydrogens (tertiary/aromatic N) is 4. The second kappa shape index (κ2) is 13.7. The van der Waals surface area contributed by atoms with Crippen LogP contribution in [-0.2, 0) is 13.1 Å². The summed E-state index contributed by atoms with van der Waals surface area (Å²) in [5.74, 6) is 3.12. The number of aryl methyl sites for hydroxylation is 2. The number of likely N-dealkylation sites (N-methyl/N-ethyl adjacent to an activating group) is 2. The van der Waals surface area contributed by atoms with Gasteiger partial charge in [-0.15, -0.1) is 0 Å². The van der Waals surface area contributed by atoms with Crippen molar-refractivity contribution in [1.82, 2.24) is 0 Å². The molecule has 2 unspecified atom stereocenters. The third-order valence-corrected chi connectivity index (χ3v) is 10.6. The van der Waals surface area contributed by atoms with Crippen LogP contribution in [0.2, 0.25) is 0 Å². The zero-order chi connectivity index (χ0) is 28.7. The third-order valence-electron chi connectivity index (χ3n) is 8.26. The van der Waals surface area contributed by atoms with E-state index in [1.807, 2.05) is 21.6 Å². The van der Waals surface area contributed by atoms with Crippen LogP contribution < -0.4 is 18.9 Å². The van der Waals surface area contributed by atoms with Crippen LogP contribution in [0, 0.1) is 0 Å². The van der Waals surface area contributed by atoms with Gasteiger partial charge in [0.25, 0.3) is 0 Å². The molecule has 0 bridgehead atoms. The molecule has 0 saturated heterocycles. The van der Waals surface area contributed by atoms with E-state index < -0.39 is 0 Å². The van der Waals surface area contributed by atoms with Crippen LogP contribution in [0.3, 0.4) is 0 Å². The number of fused-ring (bicyclic) bond motifs is 2. The molecule has 0 N–H and O–H groups in total. The second-order valence-corrected chi connectivity index (χ2v) is 13.9. The minimum atomic E-state index is 0.461. The Morgan fingerprint density at radius 3 is 1.45 bits per heavy atom. The van der Waals surface area contributed by atoms with E-state index >= 15 is 0 Å². The molecule has 2 aliphatic rings. The van der Waals surface area contributed by atoms with Crippen molar-refractivity contribution < 1.29 is 9.13 Å². The fourth-order valence-corrected chi connectivity index (χ4v) is 7.89. The highest BCUT2D eigenvalue weighted by Gasteiger charge is 2.24. The van der Waals surface area contributed by atoms with Gasteiger partial charge >= 0.3 is 0 Å². The molecule has 2 atom stereocenters. The Labute approximate surface area is 258 Å². The Morgan fingerprint density at radius 1 is 0.619 bits per heavy atom. The lowest BCUT2D eigenvalue weighted by Gasteiger charge is -2.10. The number of pyridine rings is 2. The number of rotatable bonds is 11. The average molecular weight is 593 g/mol. The molecule has 0 aliphatic carbocycles. The van der Waals surface area contributed by atoms with Crippen LogP contribution in [-0.4, -0.2) is 38.7 Å². The third kappa shape index (κ3) is 6.93. The van der Waals surface area contributed by atoms with Gasteiger partial charge in [0, 0.05) is 74.7 Å². The van der Waals surface area contributed by atoms with Gasteiger partial charge in [-0.05, 0) is 34.4 Å². The zero-order valence-electron chi connectivity index (χ0n) is 24.5. The van der Waals surface area contributed by atoms with Crippen LogP contribution in [0.15, 0.2) is 110 Å². The molecule has 6 rings (SSSR count). The first-order valence-electron chi connectivity index (χ1n) is 14.8. The fourth-order valence-electron chi connectivity index (χ4n) is 5.93. The molecule has 42 heavy (non-hydrogen) atoms. The predicted molar refractivity (Wildman–Crippen MR) is 181 cm³/mol. The Bertz CT molecular complexity index is 1410. The van der Waals surface area contributed by atoms with E-state index in [0.29, 0.717) is 11.8 Å². The standard InChI is InChI=1S/C36H40N4S2/c1-37-27-31(33-7-3-5-9-35(33)37)13-11-29-15-19-39(20-16-29)23-25-41-42-26-24-40-21-17-30(18-22-40)12-14-32-28-38(2)36-10-6-4-8-34(32)36/h3-22,31-32H,23-28H2,1-2H3/q+2/b13-11+,14-12+. The zero-order valence-corrected chi connectivity index (χ0v) is 26.2. The number of anilines is 2. The van der Waals surface area contributed by atoms with Gasteiger partial charge in [0.15, 0.2) is 37.9 Å². The molecule has 214 valence electrons. The van der Waals surface area contributed by atoms with Gasteiger partial charge in [0.05, 0.1) is 11.5 Å². The quantitative estimate of drug-likeness (QED) is 0.108. The molecule has 6 heteroatoms. The normalized spacial score (nSPS) is 17.9. The molecule has 4 aromatic rings. The van der Waals surface area contributed by atoms with Crippen LogP contribution in [0.25, 0.3) is 12.2 Å². The maximum Gasteiger partial charge on any atom is 0.169 e. The van der Waals surface area contributed by atoms with E-state index in [1.165, 1.54) is 33.6 Å². The molecule has 0 radical (unpaired) electrons. The Balaban J connectivity index is 0.888. The van der Waals surface area contributed by atoms with Gasteiger partial charge in [0.1, 0.15) is 0 Å². The number of hydrogen-bond acceptors (Lipinski definition) is 4. The van der Waals surface area contributed by atoms with Crippen molar-refractivity contribution in [1.29, 1.82) is 0 Å². The van der Waals surface area contributed by atoms with E-state index in [4.69, 9.17) is 0 Å². The van der Waals surface area contributed by atoms with E-state index in [2.05, 4.69) is 155 Å². The van der Waals surface area contributed by atoms with Crippen molar-refractivity contribution in [2.75, 3.05) is 48.5 Å². The molecule has 2 aliphatic heterocycles. The Morgan fingerprint density at radius 2 is 1.02 bits per heavy atom. The van der Waals surface area contributed by atoms with Crippen molar-refractivity contribution in [3.05, 3.63) is 132 Å². The van der Waals surface area contributed by atoms with Crippen LogP contribution in [0.1, 0.15) is 34.1 Å². The van der Waals surface area contributed by atoms with E-state index in [-0.39, 0.29) is 0 Å². The highest BCUT2D eigenvalue weighted by Crippen LogP contribution is 2.37. The molecule has 4 heterocycles. The lowest BCUT2D eigenvalue weighted by Crippen LogP contribution is -2.34. The number of hydrogen-bond donors (Lipinski definition) is 0. The van der Waals surface area contributed by atoms with Gasteiger partial charge in [-0.1, -0.05) is 82.3 Å². The molecule has 0 spiro atoms. The molecule has 2 aromatic carbocycles. The average Bonchev–Trinajstić information content (AvgIpc) is 3.53. The highest BCUT2D eigenvalue weighted by molar-refractivity contribution is 8.76. The lowest BCUT2D eigenvalue weighted by atomic mass is 10.0. The molecule has 0 amide bonds. The monoisotopic (exact) mass is 592 g/mol. The van der Waals surface area contributed by atoms with Gasteiger partial charge in [0.2, 0.25) is 0 Å². The summed E-state index contributed by atoms with van der Waals surface area (Å²) in [7, 11) is 8.28. The van der Waals surface area contributed by atoms with E-state index in [1.54, 1.807) is 0 Å². The van der Waals surface area contributed by atoms with Gasteiger partial charge in [-0.25, -0.2) is 9.13 Å². The van der Waals surface area contributed by atoms with Gasteiger partial charge < -0.3 is 9.80 Å². The van der Waals surface area contributed by atoms with Crippen molar-refractivity contribution >= 4 is 45.1 Å². The SMILES string of the molecule is CN1CC(/C=C/c2cc[n+](CCSSCC[n+]3ccc(/C=C/C4CN(C)c5ccccc54)cc3)cc2)c2ccccc21. The first-order valence-corrected chi connectivity index (χ1v) is 17.3. The first-order chi connectivity index (χ1) is 20.6. The summed E-state index contributed by atoms with van der Waals surface area (Å²) in [5, 5.41) is 0. The van der Waals surface area contributed by atoms with Crippen molar-refractivity contribution in [2.24, 2.45) is 0 Å². The predicted octanol–water partition coefficient (Wildman–Crippen LogP) is 6.84. The van der Waals surface area contributed by atoms with E-state index in [0.717, 1.165) is 37.7 Å². The van der Waals surface area contributed by atoms with Crippen molar-refractivity contribution in [3.63, 3.8) is 0 Å². The fraction of sp³-hybridized carbons (Fsp3) is 0.278. The maximum absolute atomic E-state index is 2.35. The topological polar surface area (TPSA) is 14.2 Å². The van der Waals surface area contributed by atoms with Crippen LogP contribution >= 0.6 is 21.6 Å². The number of aromatic nitrogens is 2. The smallest absolute Gasteiger partial charge is 0.169 e. The summed E-state index contributed by atoms with van der Waals surface area (Å²) >= 11 is 0. The number of benzene rings is 2. The molecule has 2 aromatic heterocycles. The summed E-state index contributed by atoms with van der Waals surface area (Å²) in [6.07, 6.45) is 18.1. The van der Waals surface area contributed by atoms with Crippen LogP contribution in [0.4, 0.5) is 11.4 Å². The largest absolute Gasteiger partial charge is 0.373 e. The summed E-state index contributed by atoms with van der Waals surface area (Å²) in [6, 6.07) is 26.4. The number of para-hydroxylation sites is 2. The molecule has 4 nitrogen and oxygen atoms in total. The second-order valence-electron chi connectivity index (χ2n) is 11.2. The summed E-state index contributed by atoms with van der Waals surface area (Å²) in [5.41, 5.74) is 8.09. The minimum Gasteiger partial charge on any atom is -0.373 e.